The molecule has 0 saturated heterocycles. The quantitative estimate of drug-likeness (QED) is 0.128. The van der Waals surface area contributed by atoms with Crippen LogP contribution >= 0.6 is 0 Å². The molecule has 4 heteroatoms. The fourth-order valence-electron chi connectivity index (χ4n) is 22.7. The lowest BCUT2D eigenvalue weighted by Gasteiger charge is -2.21. The minimum atomic E-state index is 0.107. The summed E-state index contributed by atoms with van der Waals surface area (Å²) >= 11 is 0. The zero-order valence-corrected chi connectivity index (χ0v) is 87.4. The molecule has 22 aromatic rings. The van der Waals surface area contributed by atoms with E-state index in [1.807, 2.05) is 121 Å². The number of hydrogen-bond donors (Lipinski definition) is 0. The van der Waals surface area contributed by atoms with E-state index in [9.17, 15) is 0 Å². The van der Waals surface area contributed by atoms with Crippen molar-refractivity contribution in [3.63, 3.8) is 0 Å². The van der Waals surface area contributed by atoms with Crippen LogP contribution < -0.4 is 18.9 Å². The van der Waals surface area contributed by atoms with Crippen LogP contribution in [0.15, 0.2) is 522 Å². The van der Waals surface area contributed by atoms with Crippen LogP contribution in [0, 0.1) is 0 Å². The van der Waals surface area contributed by atoms with Gasteiger partial charge in [-0.2, -0.15) is 0 Å². The van der Waals surface area contributed by atoms with Crippen molar-refractivity contribution >= 4 is 43.1 Å². The van der Waals surface area contributed by atoms with Crippen LogP contribution in [0.2, 0.25) is 0 Å². The van der Waals surface area contributed by atoms with Crippen molar-refractivity contribution in [2.75, 3.05) is 13.6 Å². The molecule has 732 valence electrons. The van der Waals surface area contributed by atoms with Crippen molar-refractivity contribution in [3.8, 4) is 89.8 Å². The predicted octanol–water partition coefficient (Wildman–Crippen LogP) is 38.1. The monoisotopic (exact) mass is 1930 g/mol. The minimum absolute atomic E-state index is 0.107. The summed E-state index contributed by atoms with van der Waals surface area (Å²) in [5, 5.41) is 10.7. The van der Waals surface area contributed by atoms with Gasteiger partial charge in [-0.3, -0.25) is 0 Å². The fraction of sp³-hybridized carbons (Fsp3) is 0.145. The van der Waals surface area contributed by atoms with Gasteiger partial charge in [0.2, 0.25) is 13.6 Å². The second-order valence-corrected chi connectivity index (χ2v) is 42.3. The largest absolute Gasteiger partial charge is 0.458 e. The molecule has 0 amide bonds. The number of rotatable bonds is 10. The first-order chi connectivity index (χ1) is 72.5. The molecule has 0 radical (unpaired) electrons. The first-order valence-electron chi connectivity index (χ1n) is 52.2. The maximum atomic E-state index is 5.39. The molecule has 0 spiro atoms. The van der Waals surface area contributed by atoms with Gasteiger partial charge in [-0.15, -0.1) is 0 Å². The number of para-hydroxylation sites is 4. The van der Waals surface area contributed by atoms with Gasteiger partial charge in [0, 0.05) is 32.5 Å². The lowest BCUT2D eigenvalue weighted by Crippen LogP contribution is -2.14. The second-order valence-electron chi connectivity index (χ2n) is 42.3. The summed E-state index contributed by atoms with van der Waals surface area (Å²) in [6.45, 7) is 28.3. The molecule has 0 atom stereocenters. The molecule has 0 N–H and O–H groups in total. The van der Waals surface area contributed by atoms with Crippen LogP contribution in [0.3, 0.4) is 0 Å². The first-order valence-corrected chi connectivity index (χ1v) is 52.2. The second kappa shape index (κ2) is 43.4. The van der Waals surface area contributed by atoms with Crippen molar-refractivity contribution in [1.82, 2.24) is 0 Å². The van der Waals surface area contributed by atoms with E-state index in [2.05, 4.69) is 483 Å². The highest BCUT2D eigenvalue weighted by atomic mass is 16.7. The topological polar surface area (TPSA) is 36.9 Å². The molecule has 149 heavy (non-hydrogen) atoms. The van der Waals surface area contributed by atoms with E-state index in [4.69, 9.17) is 18.9 Å². The zero-order valence-electron chi connectivity index (χ0n) is 87.4. The normalized spacial score (nSPS) is 13.8. The van der Waals surface area contributed by atoms with Gasteiger partial charge in [-0.05, 0) is 291 Å². The SMILES string of the molecule is CC1(C)c2ccccc2-c2cc3ccccc3cc21.CC1(C)c2ccccc2-c2cc3ccccc3cc21.CC1(C)c2ccccc2-c2cc3ccccc3cc21.CC1(C)c2ccccc2-c2cc3ccccc3cc21.CC1(C)c2ccccc2-c2ccccc21.CC1(C)c2ccccc2-c2ccccc21.c1ccc(Cc2ccccc2)cc1.c1ccc(OCOc2ccccc2)cc1.c1ccc(OCOc2ccccc2)cc1. The molecule has 0 heterocycles. The summed E-state index contributed by atoms with van der Waals surface area (Å²) < 4.78 is 21.6. The van der Waals surface area contributed by atoms with Gasteiger partial charge in [0.25, 0.3) is 0 Å². The van der Waals surface area contributed by atoms with Crippen molar-refractivity contribution in [3.05, 3.63) is 600 Å². The Hall–Kier alpha value is -16.9. The maximum absolute atomic E-state index is 5.39. The summed E-state index contributed by atoms with van der Waals surface area (Å²) in [6.07, 6.45) is 1.03. The molecule has 22 aromatic carbocycles. The van der Waals surface area contributed by atoms with Crippen molar-refractivity contribution in [1.29, 1.82) is 0 Å². The Balaban J connectivity index is 0.000000102. The Morgan fingerprint density at radius 1 is 0.128 bits per heavy atom. The van der Waals surface area contributed by atoms with Gasteiger partial charge in [0.15, 0.2) is 0 Å². The molecule has 28 rings (SSSR count). The third-order valence-corrected chi connectivity index (χ3v) is 30.8. The minimum Gasteiger partial charge on any atom is -0.458 e. The van der Waals surface area contributed by atoms with Crippen LogP contribution in [-0.2, 0) is 38.9 Å². The molecule has 0 aromatic heterocycles. The average Bonchev–Trinajstić information content (AvgIpc) is 1.58. The Morgan fingerprint density at radius 3 is 0.443 bits per heavy atom. The predicted molar refractivity (Wildman–Crippen MR) is 628 cm³/mol. The van der Waals surface area contributed by atoms with E-state index in [0.29, 0.717) is 0 Å². The van der Waals surface area contributed by atoms with Gasteiger partial charge >= 0.3 is 0 Å². The molecule has 6 aliphatic carbocycles. The summed E-state index contributed by atoms with van der Waals surface area (Å²) in [6, 6.07) is 183. The molecular weight excluding hydrogens is 1810 g/mol. The number of ether oxygens (including phenoxy) is 4. The molecule has 0 saturated carbocycles. The highest BCUT2D eigenvalue weighted by molar-refractivity contribution is 5.98. The van der Waals surface area contributed by atoms with Gasteiger partial charge < -0.3 is 18.9 Å². The first kappa shape index (κ1) is 99.4. The zero-order chi connectivity index (χ0) is 103. The van der Waals surface area contributed by atoms with Crippen LogP contribution in [0.1, 0.15) is 161 Å². The van der Waals surface area contributed by atoms with Crippen molar-refractivity contribution < 1.29 is 18.9 Å². The highest BCUT2D eigenvalue weighted by Gasteiger charge is 2.41. The Bertz CT molecular complexity index is 7500. The smallest absolute Gasteiger partial charge is 0.230 e. The lowest BCUT2D eigenvalue weighted by molar-refractivity contribution is 0.119. The van der Waals surface area contributed by atoms with Crippen LogP contribution in [0.25, 0.3) is 110 Å². The highest BCUT2D eigenvalue weighted by Crippen LogP contribution is 2.56. The molecule has 0 bridgehead atoms. The van der Waals surface area contributed by atoms with E-state index in [1.54, 1.807) is 0 Å². The summed E-state index contributed by atoms with van der Waals surface area (Å²) in [4.78, 5) is 0. The maximum Gasteiger partial charge on any atom is 0.230 e. The number of benzene rings is 22. The van der Waals surface area contributed by atoms with Gasteiger partial charge in [0.1, 0.15) is 23.0 Å². The fourth-order valence-corrected chi connectivity index (χ4v) is 22.7. The van der Waals surface area contributed by atoms with Crippen LogP contribution in [-0.4, -0.2) is 13.6 Å². The van der Waals surface area contributed by atoms with Crippen LogP contribution in [0.5, 0.6) is 23.0 Å². The van der Waals surface area contributed by atoms with E-state index < -0.39 is 0 Å². The third-order valence-electron chi connectivity index (χ3n) is 30.8. The molecule has 4 nitrogen and oxygen atoms in total. The summed E-state index contributed by atoms with van der Waals surface area (Å²) in [5.41, 5.74) is 37.7. The molecule has 6 aliphatic rings. The number of hydrogen-bond acceptors (Lipinski definition) is 4. The average molecular weight is 1930 g/mol. The Morgan fingerprint density at radius 2 is 0.262 bits per heavy atom. The molecule has 0 aliphatic heterocycles. The van der Waals surface area contributed by atoms with E-state index in [-0.39, 0.29) is 46.1 Å². The van der Waals surface area contributed by atoms with E-state index >= 15 is 0 Å². The van der Waals surface area contributed by atoms with Gasteiger partial charge in [0.05, 0.1) is 0 Å². The molecule has 0 fully saturated rings. The summed E-state index contributed by atoms with van der Waals surface area (Å²) in [7, 11) is 0. The van der Waals surface area contributed by atoms with Crippen LogP contribution in [0.4, 0.5) is 0 Å². The lowest BCUT2D eigenvalue weighted by atomic mass is 9.82. The third kappa shape index (κ3) is 20.9. The van der Waals surface area contributed by atoms with E-state index in [1.165, 1.54) is 188 Å². The summed E-state index contributed by atoms with van der Waals surface area (Å²) in [5.74, 6) is 3.25. The van der Waals surface area contributed by atoms with Crippen molar-refractivity contribution in [2.24, 2.45) is 0 Å². The van der Waals surface area contributed by atoms with E-state index in [0.717, 1.165) is 29.4 Å². The molecule has 0 unspecified atom stereocenters. The standard InChI is InChI=1S/4C19H16.2C15H14.2C13H12O2.C13H12/c4*1-19(2)17-10-6-5-9-15(17)16-11-13-7-3-4-8-14(13)12-18(16)19;2*1-15(2)13-9-5-3-7-11(13)12-8-4-6-10-14(12)15;2*1-3-7-12(8-4-1)14-11-15-13-9-5-2-6-10-13;1-3-7-12(8-4-1)11-13-9-5-2-6-10-13/h4*3-12H,1-2H3;2*3-10H,1-2H3;2*1-10H,11H2;1-10H,11H2. The van der Waals surface area contributed by atoms with Gasteiger partial charge in [-0.1, -0.05) is 508 Å². The number of fused-ring (bicyclic) bond motifs is 22. The van der Waals surface area contributed by atoms with Gasteiger partial charge in [-0.25, -0.2) is 0 Å². The molecular formula is C145H128O4. The Kier molecular flexibility index (Phi) is 29.0. The Labute approximate surface area is 880 Å². The van der Waals surface area contributed by atoms with Crippen molar-refractivity contribution in [2.45, 2.75) is 122 Å².